The molecule has 30 heavy (non-hydrogen) atoms. The maximum absolute atomic E-state index is 13.9. The lowest BCUT2D eigenvalue weighted by Gasteiger charge is -2.34. The third kappa shape index (κ3) is 4.71. The van der Waals surface area contributed by atoms with Gasteiger partial charge in [0.2, 0.25) is 10.0 Å². The lowest BCUT2D eigenvalue weighted by molar-refractivity contribution is -0.134. The Morgan fingerprint density at radius 2 is 1.50 bits per heavy atom. The van der Waals surface area contributed by atoms with Gasteiger partial charge in [-0.3, -0.25) is 4.79 Å². The predicted molar refractivity (Wildman–Crippen MR) is 105 cm³/mol. The Labute approximate surface area is 173 Å². The largest absolute Gasteiger partial charge is 0.490 e. The number of carbonyl (C=O) groups is 1. The number of sulfonamides is 1. The fourth-order valence-corrected chi connectivity index (χ4v) is 4.64. The van der Waals surface area contributed by atoms with Gasteiger partial charge in [0, 0.05) is 26.2 Å². The number of hydrogen-bond donors (Lipinski definition) is 0. The van der Waals surface area contributed by atoms with Crippen molar-refractivity contribution in [3.8, 4) is 11.5 Å². The summed E-state index contributed by atoms with van der Waals surface area (Å²) in [5, 5.41) is 0. The molecular formula is C20H22F2N2O5S. The third-order valence-electron chi connectivity index (χ3n) is 4.61. The van der Waals surface area contributed by atoms with Gasteiger partial charge in [-0.05, 0) is 31.2 Å². The minimum atomic E-state index is -4.34. The molecule has 1 fully saturated rings. The van der Waals surface area contributed by atoms with Gasteiger partial charge in [0.25, 0.3) is 5.91 Å². The molecule has 0 spiro atoms. The van der Waals surface area contributed by atoms with Crippen molar-refractivity contribution < 1.29 is 31.5 Å². The smallest absolute Gasteiger partial charge is 0.260 e. The molecular weight excluding hydrogens is 418 g/mol. The Balaban J connectivity index is 1.60. The Morgan fingerprint density at radius 1 is 0.933 bits per heavy atom. The van der Waals surface area contributed by atoms with Crippen LogP contribution >= 0.6 is 0 Å². The second-order valence-electron chi connectivity index (χ2n) is 6.50. The van der Waals surface area contributed by atoms with Crippen LogP contribution in [0.3, 0.4) is 0 Å². The van der Waals surface area contributed by atoms with E-state index < -0.39 is 26.6 Å². The van der Waals surface area contributed by atoms with Gasteiger partial charge in [0.05, 0.1) is 6.61 Å². The van der Waals surface area contributed by atoms with Gasteiger partial charge in [0.15, 0.2) is 23.0 Å². The molecule has 1 heterocycles. The van der Waals surface area contributed by atoms with E-state index in [1.165, 1.54) is 4.90 Å². The normalized spacial score (nSPS) is 15.1. The van der Waals surface area contributed by atoms with E-state index in [9.17, 15) is 22.0 Å². The summed E-state index contributed by atoms with van der Waals surface area (Å²) in [5.74, 6) is -1.65. The van der Waals surface area contributed by atoms with Crippen molar-refractivity contribution in [3.63, 3.8) is 0 Å². The Morgan fingerprint density at radius 3 is 2.07 bits per heavy atom. The fraction of sp³-hybridized carbons (Fsp3) is 0.350. The van der Waals surface area contributed by atoms with E-state index in [1.54, 1.807) is 24.3 Å². The molecule has 10 heteroatoms. The number of ether oxygens (including phenoxy) is 2. The molecule has 2 aromatic rings. The second kappa shape index (κ2) is 9.40. The molecule has 0 saturated carbocycles. The van der Waals surface area contributed by atoms with Gasteiger partial charge in [-0.25, -0.2) is 17.2 Å². The van der Waals surface area contributed by atoms with Crippen LogP contribution in [-0.2, 0) is 14.8 Å². The lowest BCUT2D eigenvalue weighted by Crippen LogP contribution is -2.51. The molecule has 0 aliphatic carbocycles. The molecule has 0 radical (unpaired) electrons. The van der Waals surface area contributed by atoms with Crippen LogP contribution in [0.5, 0.6) is 11.5 Å². The molecule has 0 atom stereocenters. The number of carbonyl (C=O) groups excluding carboxylic acids is 1. The van der Waals surface area contributed by atoms with Gasteiger partial charge >= 0.3 is 0 Å². The predicted octanol–water partition coefficient (Wildman–Crippen LogP) is 2.28. The number of piperazine rings is 1. The van der Waals surface area contributed by atoms with Gasteiger partial charge in [0.1, 0.15) is 11.6 Å². The zero-order chi connectivity index (χ0) is 21.7. The van der Waals surface area contributed by atoms with E-state index >= 15 is 0 Å². The molecule has 0 aromatic heterocycles. The zero-order valence-corrected chi connectivity index (χ0v) is 17.2. The van der Waals surface area contributed by atoms with Crippen LogP contribution in [0.15, 0.2) is 47.4 Å². The number of amides is 1. The van der Waals surface area contributed by atoms with Crippen LogP contribution in [0.1, 0.15) is 6.92 Å². The van der Waals surface area contributed by atoms with Crippen LogP contribution in [0, 0.1) is 11.6 Å². The Kier molecular flexibility index (Phi) is 6.88. The lowest BCUT2D eigenvalue weighted by atomic mass is 10.3. The monoisotopic (exact) mass is 440 g/mol. The second-order valence-corrected chi connectivity index (χ2v) is 8.38. The molecule has 0 bridgehead atoms. The van der Waals surface area contributed by atoms with Crippen molar-refractivity contribution in [2.75, 3.05) is 39.4 Å². The van der Waals surface area contributed by atoms with Crippen molar-refractivity contribution >= 4 is 15.9 Å². The zero-order valence-electron chi connectivity index (χ0n) is 16.4. The van der Waals surface area contributed by atoms with E-state index in [4.69, 9.17) is 9.47 Å². The SMILES string of the molecule is CCOc1ccccc1OCC(=O)N1CCN(S(=O)(=O)c2c(F)cccc2F)CC1. The van der Waals surface area contributed by atoms with Crippen molar-refractivity contribution in [3.05, 3.63) is 54.1 Å². The standard InChI is InChI=1S/C20H22F2N2O5S/c1-2-28-17-8-3-4-9-18(17)29-14-19(25)23-10-12-24(13-11-23)30(26,27)20-15(21)6-5-7-16(20)22/h3-9H,2,10-14H2,1H3. The molecule has 162 valence electrons. The van der Waals surface area contributed by atoms with Crippen molar-refractivity contribution in [2.45, 2.75) is 11.8 Å². The number of para-hydroxylation sites is 2. The molecule has 1 aliphatic rings. The summed E-state index contributed by atoms with van der Waals surface area (Å²) in [6.45, 7) is 2.08. The molecule has 0 unspecified atom stereocenters. The maximum atomic E-state index is 13.9. The highest BCUT2D eigenvalue weighted by Crippen LogP contribution is 2.27. The summed E-state index contributed by atoms with van der Waals surface area (Å²) in [5.41, 5.74) is 0. The molecule has 0 N–H and O–H groups in total. The summed E-state index contributed by atoms with van der Waals surface area (Å²) in [4.78, 5) is 12.9. The van der Waals surface area contributed by atoms with Gasteiger partial charge in [-0.1, -0.05) is 18.2 Å². The first-order valence-corrected chi connectivity index (χ1v) is 10.8. The topological polar surface area (TPSA) is 76.2 Å². The summed E-state index contributed by atoms with van der Waals surface area (Å²) in [6, 6.07) is 9.86. The van der Waals surface area contributed by atoms with Crippen LogP contribution in [0.25, 0.3) is 0 Å². The van der Waals surface area contributed by atoms with E-state index in [1.807, 2.05) is 6.92 Å². The fourth-order valence-electron chi connectivity index (χ4n) is 3.11. The molecule has 1 aliphatic heterocycles. The van der Waals surface area contributed by atoms with E-state index in [-0.39, 0.29) is 38.7 Å². The first kappa shape index (κ1) is 22.0. The van der Waals surface area contributed by atoms with E-state index in [2.05, 4.69) is 0 Å². The molecule has 1 amide bonds. The van der Waals surface area contributed by atoms with E-state index in [0.29, 0.717) is 18.1 Å². The van der Waals surface area contributed by atoms with Gasteiger partial charge in [-0.2, -0.15) is 4.31 Å². The first-order chi connectivity index (χ1) is 14.3. The molecule has 2 aromatic carbocycles. The number of rotatable bonds is 7. The number of nitrogens with zero attached hydrogens (tertiary/aromatic N) is 2. The quantitative estimate of drug-likeness (QED) is 0.660. The van der Waals surface area contributed by atoms with Crippen molar-refractivity contribution in [1.82, 2.24) is 9.21 Å². The minimum absolute atomic E-state index is 0.0720. The molecule has 7 nitrogen and oxygen atoms in total. The van der Waals surface area contributed by atoms with Gasteiger partial charge < -0.3 is 14.4 Å². The van der Waals surface area contributed by atoms with Crippen molar-refractivity contribution in [1.29, 1.82) is 0 Å². The summed E-state index contributed by atoms with van der Waals surface area (Å²) < 4.78 is 65.0. The Bertz CT molecular complexity index is 988. The number of benzene rings is 2. The summed E-state index contributed by atoms with van der Waals surface area (Å²) in [6.07, 6.45) is 0. The number of hydrogen-bond acceptors (Lipinski definition) is 5. The highest BCUT2D eigenvalue weighted by atomic mass is 32.2. The van der Waals surface area contributed by atoms with Crippen molar-refractivity contribution in [2.24, 2.45) is 0 Å². The highest BCUT2D eigenvalue weighted by molar-refractivity contribution is 7.89. The Hall–Kier alpha value is -2.72. The summed E-state index contributed by atoms with van der Waals surface area (Å²) in [7, 11) is -4.34. The van der Waals surface area contributed by atoms with Crippen LogP contribution in [0.2, 0.25) is 0 Å². The third-order valence-corrected chi connectivity index (χ3v) is 6.56. The molecule has 3 rings (SSSR count). The van der Waals surface area contributed by atoms with Gasteiger partial charge in [-0.15, -0.1) is 0 Å². The average Bonchev–Trinajstić information content (AvgIpc) is 2.73. The van der Waals surface area contributed by atoms with Crippen LogP contribution < -0.4 is 9.47 Å². The average molecular weight is 440 g/mol. The highest BCUT2D eigenvalue weighted by Gasteiger charge is 2.34. The van der Waals surface area contributed by atoms with Crippen LogP contribution in [-0.4, -0.2) is 62.9 Å². The van der Waals surface area contributed by atoms with E-state index in [0.717, 1.165) is 22.5 Å². The summed E-state index contributed by atoms with van der Waals surface area (Å²) >= 11 is 0. The first-order valence-electron chi connectivity index (χ1n) is 9.41. The van der Waals surface area contributed by atoms with Crippen LogP contribution in [0.4, 0.5) is 8.78 Å². The number of halogens is 2. The maximum Gasteiger partial charge on any atom is 0.260 e. The molecule has 1 saturated heterocycles. The minimum Gasteiger partial charge on any atom is -0.490 e.